The zero-order valence-electron chi connectivity index (χ0n) is 10.3. The zero-order chi connectivity index (χ0) is 11.4. The predicted octanol–water partition coefficient (Wildman–Crippen LogP) is 1.92. The number of carbonyl (C=O) groups excluding carboxylic acids is 1. The van der Waals surface area contributed by atoms with Gasteiger partial charge in [-0.2, -0.15) is 0 Å². The second kappa shape index (κ2) is 5.50. The molecule has 0 N–H and O–H groups in total. The summed E-state index contributed by atoms with van der Waals surface area (Å²) >= 11 is 0. The fourth-order valence-electron chi connectivity index (χ4n) is 2.27. The van der Waals surface area contributed by atoms with Gasteiger partial charge in [-0.3, -0.25) is 9.69 Å². The van der Waals surface area contributed by atoms with E-state index in [0.717, 1.165) is 19.0 Å². The fraction of sp³-hybridized carbons (Fsp3) is 0.917. The third-order valence-electron chi connectivity index (χ3n) is 3.29. The minimum absolute atomic E-state index is 0.0532. The molecule has 1 atom stereocenters. The molecular weight excluding hydrogens is 190 g/mol. The van der Waals surface area contributed by atoms with Gasteiger partial charge in [0, 0.05) is 0 Å². The van der Waals surface area contributed by atoms with Crippen LogP contribution in [0.15, 0.2) is 0 Å². The van der Waals surface area contributed by atoms with Gasteiger partial charge in [0.05, 0.1) is 7.11 Å². The molecular formula is C12H23NO2. The Morgan fingerprint density at radius 3 is 2.27 bits per heavy atom. The summed E-state index contributed by atoms with van der Waals surface area (Å²) < 4.78 is 4.87. The van der Waals surface area contributed by atoms with Crippen molar-refractivity contribution in [1.29, 1.82) is 0 Å². The van der Waals surface area contributed by atoms with Crippen LogP contribution < -0.4 is 0 Å². The van der Waals surface area contributed by atoms with E-state index in [2.05, 4.69) is 25.7 Å². The van der Waals surface area contributed by atoms with Gasteiger partial charge in [0.25, 0.3) is 0 Å². The molecule has 0 aliphatic carbocycles. The van der Waals surface area contributed by atoms with Crippen LogP contribution in [0, 0.1) is 11.8 Å². The smallest absolute Gasteiger partial charge is 0.323 e. The number of methoxy groups -OCH3 is 1. The van der Waals surface area contributed by atoms with Crippen LogP contribution in [-0.4, -0.2) is 37.1 Å². The molecule has 0 saturated carbocycles. The third-order valence-corrected chi connectivity index (χ3v) is 3.29. The Balaban J connectivity index is 2.60. The number of ether oxygens (including phenoxy) is 1. The molecule has 1 unspecified atom stereocenters. The number of hydrogen-bond donors (Lipinski definition) is 0. The van der Waals surface area contributed by atoms with Gasteiger partial charge in [-0.15, -0.1) is 0 Å². The summed E-state index contributed by atoms with van der Waals surface area (Å²) in [4.78, 5) is 13.9. The lowest BCUT2D eigenvalue weighted by Gasteiger charge is -2.36. The summed E-state index contributed by atoms with van der Waals surface area (Å²) in [6, 6.07) is -0.0532. The average molecular weight is 213 g/mol. The summed E-state index contributed by atoms with van der Waals surface area (Å²) in [5.41, 5.74) is 0. The highest BCUT2D eigenvalue weighted by Gasteiger charge is 2.31. The van der Waals surface area contributed by atoms with Crippen LogP contribution in [-0.2, 0) is 9.53 Å². The predicted molar refractivity (Wildman–Crippen MR) is 60.6 cm³/mol. The molecule has 0 aromatic heterocycles. The maximum atomic E-state index is 11.7. The van der Waals surface area contributed by atoms with E-state index in [1.807, 2.05) is 0 Å². The second-order valence-corrected chi connectivity index (χ2v) is 4.93. The third kappa shape index (κ3) is 3.20. The van der Waals surface area contributed by atoms with Gasteiger partial charge in [0.2, 0.25) is 0 Å². The van der Waals surface area contributed by atoms with E-state index in [-0.39, 0.29) is 12.0 Å². The number of esters is 1. The van der Waals surface area contributed by atoms with E-state index in [1.165, 1.54) is 20.0 Å². The lowest BCUT2D eigenvalue weighted by Crippen LogP contribution is -2.48. The molecule has 3 heteroatoms. The van der Waals surface area contributed by atoms with Crippen molar-refractivity contribution in [1.82, 2.24) is 4.90 Å². The van der Waals surface area contributed by atoms with Crippen molar-refractivity contribution < 1.29 is 9.53 Å². The molecule has 88 valence electrons. The fourth-order valence-corrected chi connectivity index (χ4v) is 2.27. The molecule has 1 fully saturated rings. The number of hydrogen-bond acceptors (Lipinski definition) is 3. The average Bonchev–Trinajstić information content (AvgIpc) is 2.20. The molecule has 1 saturated heterocycles. The zero-order valence-corrected chi connectivity index (χ0v) is 10.3. The lowest BCUT2D eigenvalue weighted by atomic mass is 9.94. The maximum absolute atomic E-state index is 11.7. The van der Waals surface area contributed by atoms with Crippen molar-refractivity contribution in [2.75, 3.05) is 20.2 Å². The Kier molecular flexibility index (Phi) is 4.58. The summed E-state index contributed by atoms with van der Waals surface area (Å²) in [5.74, 6) is 1.04. The highest BCUT2D eigenvalue weighted by Crippen LogP contribution is 2.21. The first-order chi connectivity index (χ1) is 7.06. The molecule has 0 aromatic carbocycles. The Morgan fingerprint density at radius 2 is 1.87 bits per heavy atom. The summed E-state index contributed by atoms with van der Waals surface area (Å²) in [6.07, 6.45) is 2.39. The molecule has 0 spiro atoms. The molecule has 0 radical (unpaired) electrons. The maximum Gasteiger partial charge on any atom is 0.323 e. The Hall–Kier alpha value is -0.570. The minimum Gasteiger partial charge on any atom is -0.468 e. The Bertz CT molecular complexity index is 208. The van der Waals surface area contributed by atoms with Crippen LogP contribution >= 0.6 is 0 Å². The van der Waals surface area contributed by atoms with Crippen molar-refractivity contribution in [2.45, 2.75) is 39.7 Å². The number of likely N-dealkylation sites (tertiary alicyclic amines) is 1. The van der Waals surface area contributed by atoms with Crippen LogP contribution in [0.25, 0.3) is 0 Å². The van der Waals surface area contributed by atoms with Crippen LogP contribution in [0.5, 0.6) is 0 Å². The number of rotatable bonds is 3. The number of nitrogens with zero attached hydrogens (tertiary/aromatic N) is 1. The van der Waals surface area contributed by atoms with Gasteiger partial charge in [0.15, 0.2) is 0 Å². The number of piperidine rings is 1. The molecule has 15 heavy (non-hydrogen) atoms. The molecule has 1 heterocycles. The summed E-state index contributed by atoms with van der Waals surface area (Å²) in [5, 5.41) is 0. The van der Waals surface area contributed by atoms with Gasteiger partial charge in [0.1, 0.15) is 6.04 Å². The van der Waals surface area contributed by atoms with Gasteiger partial charge in [-0.1, -0.05) is 20.8 Å². The highest BCUT2D eigenvalue weighted by molar-refractivity contribution is 5.75. The van der Waals surface area contributed by atoms with E-state index in [4.69, 9.17) is 4.74 Å². The molecule has 1 rings (SSSR count). The quantitative estimate of drug-likeness (QED) is 0.671. The van der Waals surface area contributed by atoms with Crippen LogP contribution in [0.1, 0.15) is 33.6 Å². The molecule has 0 aromatic rings. The first-order valence-electron chi connectivity index (χ1n) is 5.88. The Labute approximate surface area is 92.8 Å². The first kappa shape index (κ1) is 12.5. The highest BCUT2D eigenvalue weighted by atomic mass is 16.5. The van der Waals surface area contributed by atoms with Gasteiger partial charge >= 0.3 is 5.97 Å². The van der Waals surface area contributed by atoms with E-state index >= 15 is 0 Å². The van der Waals surface area contributed by atoms with Crippen molar-refractivity contribution in [3.8, 4) is 0 Å². The largest absolute Gasteiger partial charge is 0.468 e. The molecule has 1 aliphatic heterocycles. The molecule has 0 bridgehead atoms. The van der Waals surface area contributed by atoms with E-state index in [9.17, 15) is 4.79 Å². The molecule has 1 aliphatic rings. The van der Waals surface area contributed by atoms with Crippen molar-refractivity contribution in [3.05, 3.63) is 0 Å². The van der Waals surface area contributed by atoms with Gasteiger partial charge in [-0.05, 0) is 37.8 Å². The molecule has 3 nitrogen and oxygen atoms in total. The van der Waals surface area contributed by atoms with E-state index in [1.54, 1.807) is 0 Å². The van der Waals surface area contributed by atoms with Crippen LogP contribution in [0.3, 0.4) is 0 Å². The van der Waals surface area contributed by atoms with Gasteiger partial charge < -0.3 is 4.74 Å². The van der Waals surface area contributed by atoms with Crippen LogP contribution in [0.2, 0.25) is 0 Å². The van der Waals surface area contributed by atoms with Gasteiger partial charge in [-0.25, -0.2) is 0 Å². The van der Waals surface area contributed by atoms with Crippen molar-refractivity contribution in [3.63, 3.8) is 0 Å². The monoisotopic (exact) mass is 213 g/mol. The SMILES string of the molecule is COC(=O)C(C(C)C)N1CCC(C)CC1. The summed E-state index contributed by atoms with van der Waals surface area (Å²) in [7, 11) is 1.48. The van der Waals surface area contributed by atoms with E-state index in [0.29, 0.717) is 5.92 Å². The first-order valence-corrected chi connectivity index (χ1v) is 5.88. The normalized spacial score (nSPS) is 21.7. The second-order valence-electron chi connectivity index (χ2n) is 4.93. The van der Waals surface area contributed by atoms with Crippen molar-refractivity contribution >= 4 is 5.97 Å². The van der Waals surface area contributed by atoms with E-state index < -0.39 is 0 Å². The standard InChI is InChI=1S/C12H23NO2/c1-9(2)11(12(14)15-4)13-7-5-10(3)6-8-13/h9-11H,5-8H2,1-4H3. The number of carbonyl (C=O) groups is 1. The lowest BCUT2D eigenvalue weighted by molar-refractivity contribution is -0.149. The van der Waals surface area contributed by atoms with Crippen molar-refractivity contribution in [2.24, 2.45) is 11.8 Å². The minimum atomic E-state index is -0.0837. The summed E-state index contributed by atoms with van der Waals surface area (Å²) in [6.45, 7) is 8.50. The molecule has 0 amide bonds. The topological polar surface area (TPSA) is 29.5 Å². The van der Waals surface area contributed by atoms with Crippen LogP contribution in [0.4, 0.5) is 0 Å². The Morgan fingerprint density at radius 1 is 1.33 bits per heavy atom.